The number of carbonyl (C=O) groups excluding carboxylic acids is 1. The van der Waals surface area contributed by atoms with Gasteiger partial charge in [0.2, 0.25) is 0 Å². The minimum atomic E-state index is -4.43. The molecule has 0 radical (unpaired) electrons. The molecule has 170 valence electrons. The molecule has 2 amide bonds. The summed E-state index contributed by atoms with van der Waals surface area (Å²) in [5.74, 6) is -4.96. The Kier molecular flexibility index (Phi) is 8.31. The van der Waals surface area contributed by atoms with Crippen molar-refractivity contribution in [3.05, 3.63) is 0 Å². The zero-order chi connectivity index (χ0) is 21.8. The zero-order valence-corrected chi connectivity index (χ0v) is 16.6. The maximum Gasteiger partial charge on any atom is 0.393 e. The second-order valence-electron chi connectivity index (χ2n) is 7.64. The minimum absolute atomic E-state index is 0.136. The molecule has 6 unspecified atom stereocenters. The molecule has 13 heteroatoms. The van der Waals surface area contributed by atoms with Gasteiger partial charge < -0.3 is 15.7 Å². The second-order valence-corrected chi connectivity index (χ2v) is 8.20. The van der Waals surface area contributed by atoms with E-state index >= 15 is 0 Å². The Morgan fingerprint density at radius 3 is 2.45 bits per heavy atom. The normalized spacial score (nSPS) is 33.9. The highest BCUT2D eigenvalue weighted by atomic mass is 35.5. The molecule has 0 bridgehead atoms. The molecule has 1 aliphatic heterocycles. The van der Waals surface area contributed by atoms with Crippen LogP contribution < -0.4 is 26.6 Å². The van der Waals surface area contributed by atoms with E-state index in [0.29, 0.717) is 12.8 Å². The van der Waals surface area contributed by atoms with E-state index in [9.17, 15) is 26.7 Å². The van der Waals surface area contributed by atoms with Crippen LogP contribution in [0.25, 0.3) is 0 Å². The largest absolute Gasteiger partial charge is 0.393 e. The third-order valence-electron chi connectivity index (χ3n) is 5.04. The molecule has 7 nitrogen and oxygen atoms in total. The number of aliphatic hydroxyl groups excluding tert-OH is 1. The van der Waals surface area contributed by atoms with Gasteiger partial charge in [-0.1, -0.05) is 0 Å². The molecule has 2 rings (SSSR count). The number of urea groups is 1. The molecular formula is C16H27ClF5N5O2. The molecule has 0 aromatic heterocycles. The van der Waals surface area contributed by atoms with Gasteiger partial charge in [-0.25, -0.2) is 13.6 Å². The lowest BCUT2D eigenvalue weighted by atomic mass is 9.85. The van der Waals surface area contributed by atoms with Crippen molar-refractivity contribution in [3.8, 4) is 0 Å². The molecule has 6 N–H and O–H groups in total. The third-order valence-corrected chi connectivity index (χ3v) is 5.57. The fraction of sp³-hybridized carbons (Fsp3) is 0.938. The number of hydrogen-bond donors (Lipinski definition) is 6. The third kappa shape index (κ3) is 7.67. The van der Waals surface area contributed by atoms with Crippen LogP contribution in [0.5, 0.6) is 0 Å². The first kappa shape index (κ1) is 24.3. The van der Waals surface area contributed by atoms with Crippen LogP contribution in [0.1, 0.15) is 32.6 Å². The van der Waals surface area contributed by atoms with E-state index in [1.807, 2.05) is 0 Å². The SMILES string of the molecule is CC1CC(NCC(F)(F)CO)NC(NC(=O)NC2CCC(Cl)C(C(F)(F)F)C2)N1. The number of aliphatic hydroxyl groups is 1. The Labute approximate surface area is 170 Å². The Hall–Kier alpha value is -0.950. The maximum atomic E-state index is 13.2. The van der Waals surface area contributed by atoms with Crippen molar-refractivity contribution < 1.29 is 31.9 Å². The molecule has 2 fully saturated rings. The molecule has 1 saturated carbocycles. The number of amides is 2. The number of rotatable bonds is 6. The van der Waals surface area contributed by atoms with E-state index < -0.39 is 61.1 Å². The highest BCUT2D eigenvalue weighted by molar-refractivity contribution is 6.20. The molecule has 0 spiro atoms. The fourth-order valence-electron chi connectivity index (χ4n) is 3.54. The first-order valence-corrected chi connectivity index (χ1v) is 9.85. The van der Waals surface area contributed by atoms with Crippen LogP contribution in [-0.4, -0.2) is 66.3 Å². The first-order valence-electron chi connectivity index (χ1n) is 9.41. The Bertz CT molecular complexity index is 556. The molecule has 2 aliphatic rings. The molecular weight excluding hydrogens is 425 g/mol. The van der Waals surface area contributed by atoms with Gasteiger partial charge in [0.25, 0.3) is 5.92 Å². The Balaban J connectivity index is 1.83. The van der Waals surface area contributed by atoms with Crippen LogP contribution in [0.2, 0.25) is 0 Å². The number of carbonyl (C=O) groups is 1. The highest BCUT2D eigenvalue weighted by Crippen LogP contribution is 2.40. The zero-order valence-electron chi connectivity index (χ0n) is 15.8. The predicted molar refractivity (Wildman–Crippen MR) is 96.5 cm³/mol. The summed E-state index contributed by atoms with van der Waals surface area (Å²) in [5.41, 5.74) is 0. The van der Waals surface area contributed by atoms with E-state index in [-0.39, 0.29) is 18.9 Å². The summed E-state index contributed by atoms with van der Waals surface area (Å²) in [5, 5.41) is 21.1. The molecule has 0 aromatic carbocycles. The summed E-state index contributed by atoms with van der Waals surface area (Å²) in [6.45, 7) is -0.233. The van der Waals surface area contributed by atoms with E-state index in [1.54, 1.807) is 6.92 Å². The summed E-state index contributed by atoms with van der Waals surface area (Å²) in [6, 6.07) is -1.49. The molecule has 1 heterocycles. The molecule has 1 aliphatic carbocycles. The van der Waals surface area contributed by atoms with E-state index in [4.69, 9.17) is 16.7 Å². The van der Waals surface area contributed by atoms with Crippen molar-refractivity contribution in [2.24, 2.45) is 5.92 Å². The maximum absolute atomic E-state index is 13.2. The van der Waals surface area contributed by atoms with Gasteiger partial charge >= 0.3 is 12.2 Å². The molecule has 0 aromatic rings. The summed E-state index contributed by atoms with van der Waals surface area (Å²) in [4.78, 5) is 12.2. The Morgan fingerprint density at radius 2 is 1.83 bits per heavy atom. The quantitative estimate of drug-likeness (QED) is 0.271. The van der Waals surface area contributed by atoms with Crippen molar-refractivity contribution in [1.29, 1.82) is 0 Å². The number of alkyl halides is 6. The molecule has 6 atom stereocenters. The summed E-state index contributed by atoms with van der Waals surface area (Å²) >= 11 is 5.78. The Morgan fingerprint density at radius 1 is 1.14 bits per heavy atom. The lowest BCUT2D eigenvalue weighted by Gasteiger charge is -2.38. The minimum Gasteiger partial charge on any atom is -0.390 e. The van der Waals surface area contributed by atoms with Crippen molar-refractivity contribution in [3.63, 3.8) is 0 Å². The average Bonchev–Trinajstić information content (AvgIpc) is 2.60. The molecule has 1 saturated heterocycles. The fourth-order valence-corrected chi connectivity index (χ4v) is 3.91. The summed E-state index contributed by atoms with van der Waals surface area (Å²) in [7, 11) is 0. The topological polar surface area (TPSA) is 97.5 Å². The van der Waals surface area contributed by atoms with Crippen LogP contribution in [0.15, 0.2) is 0 Å². The van der Waals surface area contributed by atoms with Crippen molar-refractivity contribution in [2.75, 3.05) is 13.2 Å². The van der Waals surface area contributed by atoms with Gasteiger partial charge in [-0.05, 0) is 32.6 Å². The van der Waals surface area contributed by atoms with E-state index in [0.717, 1.165) is 0 Å². The van der Waals surface area contributed by atoms with Crippen molar-refractivity contribution in [2.45, 2.75) is 74.6 Å². The highest BCUT2D eigenvalue weighted by Gasteiger charge is 2.47. The van der Waals surface area contributed by atoms with Gasteiger partial charge in [-0.2, -0.15) is 13.2 Å². The average molecular weight is 452 g/mol. The van der Waals surface area contributed by atoms with Crippen LogP contribution in [0.3, 0.4) is 0 Å². The summed E-state index contributed by atoms with van der Waals surface area (Å²) in [6.07, 6.45) is -5.16. The van der Waals surface area contributed by atoms with Gasteiger partial charge in [-0.15, -0.1) is 11.6 Å². The van der Waals surface area contributed by atoms with Crippen LogP contribution >= 0.6 is 11.6 Å². The number of halogens is 6. The lowest BCUT2D eigenvalue weighted by Crippen LogP contribution is -2.69. The van der Waals surface area contributed by atoms with E-state index in [2.05, 4.69) is 26.6 Å². The lowest BCUT2D eigenvalue weighted by molar-refractivity contribution is -0.182. The van der Waals surface area contributed by atoms with Crippen LogP contribution in [0, 0.1) is 5.92 Å². The smallest absolute Gasteiger partial charge is 0.390 e. The molecule has 29 heavy (non-hydrogen) atoms. The first-order chi connectivity index (χ1) is 13.4. The van der Waals surface area contributed by atoms with Crippen molar-refractivity contribution in [1.82, 2.24) is 26.6 Å². The monoisotopic (exact) mass is 451 g/mol. The van der Waals surface area contributed by atoms with Gasteiger partial charge in [0, 0.05) is 17.5 Å². The number of nitrogens with one attached hydrogen (secondary N) is 5. The van der Waals surface area contributed by atoms with Crippen LogP contribution in [-0.2, 0) is 0 Å². The second kappa shape index (κ2) is 9.90. The number of hydrogen-bond acceptors (Lipinski definition) is 5. The van der Waals surface area contributed by atoms with Gasteiger partial charge in [0.1, 0.15) is 12.9 Å². The van der Waals surface area contributed by atoms with Crippen molar-refractivity contribution >= 4 is 17.6 Å². The van der Waals surface area contributed by atoms with Gasteiger partial charge in [0.05, 0.1) is 18.6 Å². The standard InChI is InChI=1S/C16H27ClF5N5O2/c1-8-4-12(23-6-15(18,19)7-28)26-13(24-8)27-14(29)25-9-2-3-11(17)10(5-9)16(20,21)22/h8-13,23-24,26,28H,2-7H2,1H3,(H2,25,27,29). The van der Waals surface area contributed by atoms with E-state index in [1.165, 1.54) is 0 Å². The predicted octanol–water partition coefficient (Wildman–Crippen LogP) is 1.42. The van der Waals surface area contributed by atoms with Crippen LogP contribution in [0.4, 0.5) is 26.7 Å². The van der Waals surface area contributed by atoms with Gasteiger partial charge in [0.15, 0.2) is 0 Å². The van der Waals surface area contributed by atoms with Gasteiger partial charge in [-0.3, -0.25) is 16.0 Å². The summed E-state index contributed by atoms with van der Waals surface area (Å²) < 4.78 is 65.5.